The van der Waals surface area contributed by atoms with Gasteiger partial charge in [-0.3, -0.25) is 0 Å². The molecule has 0 amide bonds. The standard InChI is InChI=1S/C16H27N3O/c1-2-11-7-8-13(9-11)16-18-15(20-19-16)10-14(17)12-5-3-4-6-12/h11-14H,2-10,17H2,1H3. The topological polar surface area (TPSA) is 64.9 Å². The maximum atomic E-state index is 6.29. The molecule has 2 aliphatic carbocycles. The Morgan fingerprint density at radius 1 is 1.25 bits per heavy atom. The lowest BCUT2D eigenvalue weighted by Crippen LogP contribution is -2.30. The highest BCUT2D eigenvalue weighted by Gasteiger charge is 2.29. The number of aromatic nitrogens is 2. The van der Waals surface area contributed by atoms with Gasteiger partial charge in [0.05, 0.1) is 0 Å². The summed E-state index contributed by atoms with van der Waals surface area (Å²) in [6, 6.07) is 0.192. The average molecular weight is 277 g/mol. The molecule has 1 aromatic heterocycles. The summed E-state index contributed by atoms with van der Waals surface area (Å²) < 4.78 is 5.44. The molecule has 0 bridgehead atoms. The molecule has 0 aromatic carbocycles. The summed E-state index contributed by atoms with van der Waals surface area (Å²) >= 11 is 0. The van der Waals surface area contributed by atoms with Crippen LogP contribution in [0.15, 0.2) is 4.52 Å². The Labute approximate surface area is 121 Å². The number of nitrogens with zero attached hydrogens (tertiary/aromatic N) is 2. The van der Waals surface area contributed by atoms with Crippen LogP contribution in [0.25, 0.3) is 0 Å². The van der Waals surface area contributed by atoms with Gasteiger partial charge in [0.2, 0.25) is 5.89 Å². The number of hydrogen-bond acceptors (Lipinski definition) is 4. The molecule has 2 aliphatic rings. The predicted octanol–water partition coefficient (Wildman–Crippen LogP) is 3.42. The van der Waals surface area contributed by atoms with Crippen molar-refractivity contribution >= 4 is 0 Å². The van der Waals surface area contributed by atoms with Crippen LogP contribution in [0, 0.1) is 11.8 Å². The minimum atomic E-state index is 0.192. The molecule has 0 spiro atoms. The molecule has 0 aliphatic heterocycles. The molecule has 3 rings (SSSR count). The van der Waals surface area contributed by atoms with Crippen LogP contribution >= 0.6 is 0 Å². The second-order valence-corrected chi connectivity index (χ2v) is 6.74. The largest absolute Gasteiger partial charge is 0.339 e. The van der Waals surface area contributed by atoms with Crippen molar-refractivity contribution in [2.45, 2.75) is 76.7 Å². The van der Waals surface area contributed by atoms with Gasteiger partial charge >= 0.3 is 0 Å². The second-order valence-electron chi connectivity index (χ2n) is 6.74. The lowest BCUT2D eigenvalue weighted by atomic mass is 9.96. The maximum Gasteiger partial charge on any atom is 0.228 e. The molecule has 2 N–H and O–H groups in total. The highest BCUT2D eigenvalue weighted by molar-refractivity contribution is 5.00. The molecule has 2 saturated carbocycles. The molecule has 0 radical (unpaired) electrons. The van der Waals surface area contributed by atoms with E-state index in [-0.39, 0.29) is 6.04 Å². The lowest BCUT2D eigenvalue weighted by molar-refractivity contribution is 0.336. The quantitative estimate of drug-likeness (QED) is 0.895. The van der Waals surface area contributed by atoms with E-state index >= 15 is 0 Å². The van der Waals surface area contributed by atoms with E-state index in [1.165, 1.54) is 51.4 Å². The second kappa shape index (κ2) is 6.25. The Kier molecular flexibility index (Phi) is 4.39. The molecule has 1 heterocycles. The van der Waals surface area contributed by atoms with Crippen molar-refractivity contribution in [1.29, 1.82) is 0 Å². The number of nitrogens with two attached hydrogens (primary N) is 1. The van der Waals surface area contributed by atoms with Gasteiger partial charge in [0.15, 0.2) is 5.82 Å². The SMILES string of the molecule is CCC1CCC(c2noc(CC(N)C3CCCC3)n2)C1. The molecule has 0 saturated heterocycles. The number of rotatable bonds is 5. The van der Waals surface area contributed by atoms with Gasteiger partial charge in [-0.2, -0.15) is 4.98 Å². The zero-order chi connectivity index (χ0) is 13.9. The molecule has 4 nitrogen and oxygen atoms in total. The van der Waals surface area contributed by atoms with Gasteiger partial charge in [0, 0.05) is 18.4 Å². The molecule has 4 heteroatoms. The first-order valence-electron chi connectivity index (χ1n) is 8.34. The normalized spacial score (nSPS) is 29.1. The van der Waals surface area contributed by atoms with E-state index < -0.39 is 0 Å². The van der Waals surface area contributed by atoms with Crippen molar-refractivity contribution in [3.05, 3.63) is 11.7 Å². The third kappa shape index (κ3) is 3.05. The molecule has 2 fully saturated rings. The Morgan fingerprint density at radius 2 is 2.05 bits per heavy atom. The molecular weight excluding hydrogens is 250 g/mol. The van der Waals surface area contributed by atoms with Crippen LogP contribution in [0.1, 0.15) is 75.9 Å². The van der Waals surface area contributed by atoms with Crippen LogP contribution in [0.4, 0.5) is 0 Å². The summed E-state index contributed by atoms with van der Waals surface area (Å²) in [6.45, 7) is 2.27. The fourth-order valence-corrected chi connectivity index (χ4v) is 3.95. The summed E-state index contributed by atoms with van der Waals surface area (Å²) in [5.74, 6) is 3.69. The van der Waals surface area contributed by atoms with E-state index in [0.717, 1.165) is 24.1 Å². The Morgan fingerprint density at radius 3 is 2.75 bits per heavy atom. The van der Waals surface area contributed by atoms with E-state index in [2.05, 4.69) is 17.1 Å². The van der Waals surface area contributed by atoms with Gasteiger partial charge in [-0.1, -0.05) is 31.3 Å². The highest BCUT2D eigenvalue weighted by Crippen LogP contribution is 2.38. The number of hydrogen-bond donors (Lipinski definition) is 1. The van der Waals surface area contributed by atoms with E-state index in [4.69, 9.17) is 10.3 Å². The monoisotopic (exact) mass is 277 g/mol. The van der Waals surface area contributed by atoms with Crippen molar-refractivity contribution in [2.24, 2.45) is 17.6 Å². The summed E-state index contributed by atoms with van der Waals surface area (Å²) in [6.07, 6.45) is 11.0. The summed E-state index contributed by atoms with van der Waals surface area (Å²) in [5.41, 5.74) is 6.29. The van der Waals surface area contributed by atoms with E-state index in [0.29, 0.717) is 11.8 Å². The van der Waals surface area contributed by atoms with Crippen molar-refractivity contribution in [1.82, 2.24) is 10.1 Å². The molecular formula is C16H27N3O. The fourth-order valence-electron chi connectivity index (χ4n) is 3.95. The van der Waals surface area contributed by atoms with Crippen LogP contribution in [-0.2, 0) is 6.42 Å². The molecule has 20 heavy (non-hydrogen) atoms. The predicted molar refractivity (Wildman–Crippen MR) is 78.3 cm³/mol. The van der Waals surface area contributed by atoms with E-state index in [1.807, 2.05) is 0 Å². The minimum Gasteiger partial charge on any atom is -0.339 e. The van der Waals surface area contributed by atoms with Crippen LogP contribution in [-0.4, -0.2) is 16.2 Å². The maximum absolute atomic E-state index is 6.29. The van der Waals surface area contributed by atoms with Gasteiger partial charge < -0.3 is 10.3 Å². The van der Waals surface area contributed by atoms with Crippen molar-refractivity contribution < 1.29 is 4.52 Å². The van der Waals surface area contributed by atoms with E-state index in [1.54, 1.807) is 0 Å². The van der Waals surface area contributed by atoms with Crippen molar-refractivity contribution in [3.8, 4) is 0 Å². The Bertz CT molecular complexity index is 425. The minimum absolute atomic E-state index is 0.192. The summed E-state index contributed by atoms with van der Waals surface area (Å²) in [4.78, 5) is 4.61. The average Bonchev–Trinajstić information content (AvgIpc) is 3.19. The third-order valence-electron chi connectivity index (χ3n) is 5.38. The smallest absolute Gasteiger partial charge is 0.228 e. The first kappa shape index (κ1) is 14.1. The van der Waals surface area contributed by atoms with Gasteiger partial charge in [-0.05, 0) is 43.9 Å². The fraction of sp³-hybridized carbons (Fsp3) is 0.875. The molecule has 112 valence electrons. The van der Waals surface area contributed by atoms with Gasteiger partial charge in [-0.15, -0.1) is 0 Å². The van der Waals surface area contributed by atoms with Gasteiger partial charge in [-0.25, -0.2) is 0 Å². The zero-order valence-electron chi connectivity index (χ0n) is 12.6. The van der Waals surface area contributed by atoms with Crippen LogP contribution in [0.2, 0.25) is 0 Å². The summed E-state index contributed by atoms with van der Waals surface area (Å²) in [7, 11) is 0. The van der Waals surface area contributed by atoms with Gasteiger partial charge in [0.1, 0.15) is 0 Å². The molecule has 3 unspecified atom stereocenters. The van der Waals surface area contributed by atoms with Crippen LogP contribution in [0.5, 0.6) is 0 Å². The first-order valence-corrected chi connectivity index (χ1v) is 8.34. The van der Waals surface area contributed by atoms with E-state index in [9.17, 15) is 0 Å². The Hall–Kier alpha value is -0.900. The van der Waals surface area contributed by atoms with Gasteiger partial charge in [0.25, 0.3) is 0 Å². The zero-order valence-corrected chi connectivity index (χ0v) is 12.6. The Balaban J connectivity index is 1.56. The summed E-state index contributed by atoms with van der Waals surface area (Å²) in [5, 5.41) is 4.20. The highest BCUT2D eigenvalue weighted by atomic mass is 16.5. The first-order chi connectivity index (χ1) is 9.76. The lowest BCUT2D eigenvalue weighted by Gasteiger charge is -2.16. The molecule has 3 atom stereocenters. The van der Waals surface area contributed by atoms with Crippen molar-refractivity contribution in [2.75, 3.05) is 0 Å². The van der Waals surface area contributed by atoms with Crippen molar-refractivity contribution in [3.63, 3.8) is 0 Å². The molecule has 1 aromatic rings. The van der Waals surface area contributed by atoms with Crippen LogP contribution < -0.4 is 5.73 Å². The third-order valence-corrected chi connectivity index (χ3v) is 5.38. The van der Waals surface area contributed by atoms with Crippen LogP contribution in [0.3, 0.4) is 0 Å².